The molecular formula is C28H28N8O. The van der Waals surface area contributed by atoms with Crippen molar-refractivity contribution in [3.05, 3.63) is 143 Å². The lowest BCUT2D eigenvalue weighted by Gasteiger charge is -2.24. The standard InChI is InChI=1S/C28H28N8O/c29-25(17-30-16-22-10-4-1-5-11-22)28(37,26-20-35(33-31-26)18-23-12-6-2-7-13-23)27-21-36(34-32-27)19-24-14-8-3-9-15-24/h1-15,17,20-21,30,37H,16,18-19,29H2/b25-17-. The fourth-order valence-electron chi connectivity index (χ4n) is 4.03. The summed E-state index contributed by atoms with van der Waals surface area (Å²) in [5.74, 6) is 0. The van der Waals surface area contributed by atoms with Crippen molar-refractivity contribution in [1.29, 1.82) is 0 Å². The number of nitrogens with two attached hydrogens (primary N) is 1. The van der Waals surface area contributed by atoms with Crippen LogP contribution in [0.25, 0.3) is 0 Å². The summed E-state index contributed by atoms with van der Waals surface area (Å²) in [5, 5.41) is 32.2. The van der Waals surface area contributed by atoms with Crippen LogP contribution in [0.1, 0.15) is 28.1 Å². The average Bonchev–Trinajstić information content (AvgIpc) is 3.60. The molecule has 0 atom stereocenters. The third-order valence-corrected chi connectivity index (χ3v) is 6.02. The third kappa shape index (κ3) is 5.57. The van der Waals surface area contributed by atoms with E-state index >= 15 is 0 Å². The first kappa shape index (κ1) is 24.0. The minimum absolute atomic E-state index is 0.127. The van der Waals surface area contributed by atoms with Crippen molar-refractivity contribution in [3.63, 3.8) is 0 Å². The van der Waals surface area contributed by atoms with Crippen LogP contribution >= 0.6 is 0 Å². The van der Waals surface area contributed by atoms with Crippen molar-refractivity contribution < 1.29 is 5.11 Å². The lowest BCUT2D eigenvalue weighted by molar-refractivity contribution is 0.108. The van der Waals surface area contributed by atoms with E-state index in [-0.39, 0.29) is 17.1 Å². The number of benzene rings is 3. The first-order chi connectivity index (χ1) is 18.1. The van der Waals surface area contributed by atoms with Crippen LogP contribution < -0.4 is 11.1 Å². The van der Waals surface area contributed by atoms with Crippen LogP contribution in [0.2, 0.25) is 0 Å². The Morgan fingerprint density at radius 3 is 1.62 bits per heavy atom. The maximum atomic E-state index is 12.0. The summed E-state index contributed by atoms with van der Waals surface area (Å²) in [6.07, 6.45) is 4.95. The highest BCUT2D eigenvalue weighted by Gasteiger charge is 2.41. The maximum Gasteiger partial charge on any atom is 0.197 e. The summed E-state index contributed by atoms with van der Waals surface area (Å²) in [4.78, 5) is 0. The Morgan fingerprint density at radius 1 is 0.730 bits per heavy atom. The Morgan fingerprint density at radius 2 is 1.16 bits per heavy atom. The summed E-state index contributed by atoms with van der Waals surface area (Å²) in [7, 11) is 0. The summed E-state index contributed by atoms with van der Waals surface area (Å²) in [6, 6.07) is 29.7. The van der Waals surface area contributed by atoms with Crippen molar-refractivity contribution >= 4 is 0 Å². The highest BCUT2D eigenvalue weighted by molar-refractivity contribution is 5.35. The Kier molecular flexibility index (Phi) is 7.05. The van der Waals surface area contributed by atoms with Crippen LogP contribution in [-0.4, -0.2) is 35.1 Å². The molecule has 0 unspecified atom stereocenters. The van der Waals surface area contributed by atoms with Gasteiger partial charge in [0.15, 0.2) is 5.60 Å². The molecule has 186 valence electrons. The number of nitrogens with zero attached hydrogens (tertiary/aromatic N) is 6. The molecule has 0 spiro atoms. The van der Waals surface area contributed by atoms with Gasteiger partial charge in [-0.15, -0.1) is 10.2 Å². The van der Waals surface area contributed by atoms with Gasteiger partial charge in [0.1, 0.15) is 11.4 Å². The van der Waals surface area contributed by atoms with E-state index < -0.39 is 5.60 Å². The van der Waals surface area contributed by atoms with Gasteiger partial charge in [0.05, 0.1) is 31.2 Å². The highest BCUT2D eigenvalue weighted by atomic mass is 16.3. The number of aromatic nitrogens is 6. The minimum atomic E-state index is -1.84. The number of hydrogen-bond donors (Lipinski definition) is 3. The van der Waals surface area contributed by atoms with Crippen molar-refractivity contribution in [3.8, 4) is 0 Å². The topological polar surface area (TPSA) is 120 Å². The monoisotopic (exact) mass is 492 g/mol. The minimum Gasteiger partial charge on any atom is -0.398 e. The van der Waals surface area contributed by atoms with E-state index in [2.05, 4.69) is 25.9 Å². The molecule has 0 aliphatic rings. The Bertz CT molecular complexity index is 1370. The molecule has 5 aromatic rings. The van der Waals surface area contributed by atoms with Crippen LogP contribution in [0.5, 0.6) is 0 Å². The van der Waals surface area contributed by atoms with Crippen molar-refractivity contribution in [2.45, 2.75) is 25.2 Å². The van der Waals surface area contributed by atoms with Crippen LogP contribution in [0.15, 0.2) is 115 Å². The van der Waals surface area contributed by atoms with Gasteiger partial charge in [-0.3, -0.25) is 0 Å². The van der Waals surface area contributed by atoms with Gasteiger partial charge in [-0.2, -0.15) is 0 Å². The fourth-order valence-corrected chi connectivity index (χ4v) is 4.03. The second-order valence-corrected chi connectivity index (χ2v) is 8.75. The predicted octanol–water partition coefficient (Wildman–Crippen LogP) is 2.79. The largest absolute Gasteiger partial charge is 0.398 e. The molecule has 37 heavy (non-hydrogen) atoms. The van der Waals surface area contributed by atoms with E-state index in [4.69, 9.17) is 5.73 Å². The molecular weight excluding hydrogens is 464 g/mol. The van der Waals surface area contributed by atoms with Gasteiger partial charge in [-0.25, -0.2) is 9.36 Å². The van der Waals surface area contributed by atoms with Gasteiger partial charge in [-0.05, 0) is 16.7 Å². The molecule has 0 saturated carbocycles. The van der Waals surface area contributed by atoms with Gasteiger partial charge in [-0.1, -0.05) is 101 Å². The van der Waals surface area contributed by atoms with E-state index in [1.165, 1.54) is 0 Å². The zero-order chi connectivity index (χ0) is 25.5. The highest BCUT2D eigenvalue weighted by Crippen LogP contribution is 2.31. The smallest absolute Gasteiger partial charge is 0.197 e. The zero-order valence-corrected chi connectivity index (χ0v) is 20.2. The second kappa shape index (κ2) is 10.9. The van der Waals surface area contributed by atoms with Crippen LogP contribution in [0.3, 0.4) is 0 Å². The molecule has 3 aromatic carbocycles. The molecule has 0 saturated heterocycles. The van der Waals surface area contributed by atoms with E-state index in [0.717, 1.165) is 16.7 Å². The molecule has 2 heterocycles. The molecule has 9 nitrogen and oxygen atoms in total. The number of aliphatic hydroxyl groups is 1. The van der Waals surface area contributed by atoms with E-state index in [1.54, 1.807) is 28.0 Å². The molecule has 0 radical (unpaired) electrons. The van der Waals surface area contributed by atoms with Crippen molar-refractivity contribution in [1.82, 2.24) is 35.3 Å². The molecule has 0 amide bonds. The quantitative estimate of drug-likeness (QED) is 0.274. The zero-order valence-electron chi connectivity index (χ0n) is 20.2. The van der Waals surface area contributed by atoms with Gasteiger partial charge in [0.2, 0.25) is 0 Å². The van der Waals surface area contributed by atoms with E-state index in [1.807, 2.05) is 91.0 Å². The molecule has 0 bridgehead atoms. The Balaban J connectivity index is 1.44. The number of hydrogen-bond acceptors (Lipinski definition) is 7. The lowest BCUT2D eigenvalue weighted by atomic mass is 9.93. The molecule has 0 aliphatic heterocycles. The molecule has 5 rings (SSSR count). The van der Waals surface area contributed by atoms with E-state index in [0.29, 0.717) is 19.6 Å². The van der Waals surface area contributed by atoms with Crippen molar-refractivity contribution in [2.24, 2.45) is 5.73 Å². The molecule has 2 aromatic heterocycles. The number of rotatable bonds is 10. The van der Waals surface area contributed by atoms with Gasteiger partial charge in [0, 0.05) is 12.7 Å². The molecule has 9 heteroatoms. The van der Waals surface area contributed by atoms with Gasteiger partial charge >= 0.3 is 0 Å². The molecule has 0 aliphatic carbocycles. The maximum absolute atomic E-state index is 12.0. The third-order valence-electron chi connectivity index (χ3n) is 6.02. The van der Waals surface area contributed by atoms with E-state index in [9.17, 15) is 5.11 Å². The fraction of sp³-hybridized carbons (Fsp3) is 0.143. The molecule has 0 fully saturated rings. The predicted molar refractivity (Wildman–Crippen MR) is 140 cm³/mol. The normalized spacial score (nSPS) is 12.0. The first-order valence-corrected chi connectivity index (χ1v) is 12.0. The van der Waals surface area contributed by atoms with Crippen LogP contribution in [-0.2, 0) is 25.2 Å². The Labute approximate surface area is 214 Å². The SMILES string of the molecule is N/C(=C\NCc1ccccc1)C(O)(c1cn(Cc2ccccc2)nn1)c1cn(Cc2ccccc2)nn1. The summed E-state index contributed by atoms with van der Waals surface area (Å²) >= 11 is 0. The van der Waals surface area contributed by atoms with Gasteiger partial charge < -0.3 is 16.2 Å². The summed E-state index contributed by atoms with van der Waals surface area (Å²) in [6.45, 7) is 1.54. The summed E-state index contributed by atoms with van der Waals surface area (Å²) in [5.41, 5.74) is 8.50. The average molecular weight is 493 g/mol. The second-order valence-electron chi connectivity index (χ2n) is 8.75. The Hall–Kier alpha value is -4.76. The first-order valence-electron chi connectivity index (χ1n) is 12.0. The van der Waals surface area contributed by atoms with Crippen LogP contribution in [0, 0.1) is 0 Å². The van der Waals surface area contributed by atoms with Gasteiger partial charge in [0.25, 0.3) is 0 Å². The lowest BCUT2D eigenvalue weighted by Crippen LogP contribution is -2.36. The van der Waals surface area contributed by atoms with Crippen LogP contribution in [0.4, 0.5) is 0 Å². The summed E-state index contributed by atoms with van der Waals surface area (Å²) < 4.78 is 3.32. The molecule has 4 N–H and O–H groups in total. The van der Waals surface area contributed by atoms with Crippen molar-refractivity contribution in [2.75, 3.05) is 0 Å². The number of nitrogens with one attached hydrogen (secondary N) is 1.